The van der Waals surface area contributed by atoms with E-state index in [1.54, 1.807) is 13.0 Å². The Morgan fingerprint density at radius 3 is 2.90 bits per heavy atom. The van der Waals surface area contributed by atoms with Gasteiger partial charge in [-0.15, -0.1) is 0 Å². The van der Waals surface area contributed by atoms with Crippen molar-refractivity contribution in [2.24, 2.45) is 5.92 Å². The molecule has 2 N–H and O–H groups in total. The Morgan fingerprint density at radius 1 is 1.55 bits per heavy atom. The maximum absolute atomic E-state index is 12.0. The van der Waals surface area contributed by atoms with Gasteiger partial charge in [-0.25, -0.2) is 0 Å². The highest BCUT2D eigenvalue weighted by molar-refractivity contribution is 5.91. The Labute approximate surface area is 119 Å². The number of amides is 1. The van der Waals surface area contributed by atoms with Crippen LogP contribution in [0.1, 0.15) is 25.5 Å². The summed E-state index contributed by atoms with van der Waals surface area (Å²) < 4.78 is 4.93. The monoisotopic (exact) mass is 280 g/mol. The molecule has 0 aliphatic carbocycles. The van der Waals surface area contributed by atoms with E-state index < -0.39 is 0 Å². The maximum Gasteiger partial charge on any atom is 0.239 e. The molecule has 1 aromatic heterocycles. The third-order valence-corrected chi connectivity index (χ3v) is 3.69. The van der Waals surface area contributed by atoms with Gasteiger partial charge in [0, 0.05) is 12.6 Å². The average molecular weight is 280 g/mol. The minimum absolute atomic E-state index is 0.0333. The van der Waals surface area contributed by atoms with Gasteiger partial charge in [0.2, 0.25) is 5.91 Å². The number of carbonyl (C=O) groups is 1. The normalized spacial score (nSPS) is 16.6. The summed E-state index contributed by atoms with van der Waals surface area (Å²) in [6, 6.07) is 1.72. The van der Waals surface area contributed by atoms with Crippen molar-refractivity contribution in [1.29, 1.82) is 0 Å². The zero-order valence-corrected chi connectivity index (χ0v) is 12.3. The fraction of sp³-hybridized carbons (Fsp3) is 0.714. The van der Waals surface area contributed by atoms with E-state index in [9.17, 15) is 4.79 Å². The molecule has 0 radical (unpaired) electrons. The van der Waals surface area contributed by atoms with Crippen molar-refractivity contribution in [3.63, 3.8) is 0 Å². The Hall–Kier alpha value is -1.40. The van der Waals surface area contributed by atoms with Crippen molar-refractivity contribution in [2.45, 2.75) is 26.7 Å². The summed E-state index contributed by atoms with van der Waals surface area (Å²) in [5.74, 6) is 1.85. The molecule has 0 bridgehead atoms. The van der Waals surface area contributed by atoms with Gasteiger partial charge in [0.15, 0.2) is 5.82 Å². The Balaban J connectivity index is 1.78. The number of aryl methyl sites for hydroxylation is 1. The third kappa shape index (κ3) is 4.61. The number of aromatic nitrogens is 1. The molecule has 1 amide bonds. The number of nitrogens with one attached hydrogen (secondary N) is 2. The highest BCUT2D eigenvalue weighted by atomic mass is 16.5. The second-order valence-corrected chi connectivity index (χ2v) is 5.39. The summed E-state index contributed by atoms with van der Waals surface area (Å²) in [7, 11) is 0. The van der Waals surface area contributed by atoms with E-state index in [4.69, 9.17) is 4.52 Å². The molecule has 20 heavy (non-hydrogen) atoms. The minimum Gasteiger partial charge on any atom is -0.360 e. The standard InChI is InChI=1S/C14H24N4O2/c1-3-18(9-12-4-6-15-7-5-12)10-14(19)16-13-8-11(2)20-17-13/h8,12,15H,3-7,9-10H2,1-2H3,(H,16,17,19). The molecule has 0 unspecified atom stereocenters. The first-order chi connectivity index (χ1) is 9.67. The van der Waals surface area contributed by atoms with Crippen LogP contribution in [0.3, 0.4) is 0 Å². The quantitative estimate of drug-likeness (QED) is 0.820. The number of nitrogens with zero attached hydrogens (tertiary/aromatic N) is 2. The lowest BCUT2D eigenvalue weighted by atomic mass is 9.97. The van der Waals surface area contributed by atoms with Crippen molar-refractivity contribution < 1.29 is 9.32 Å². The first-order valence-electron chi connectivity index (χ1n) is 7.33. The minimum atomic E-state index is -0.0333. The van der Waals surface area contributed by atoms with E-state index in [1.165, 1.54) is 12.8 Å². The molecule has 1 aliphatic rings. The van der Waals surface area contributed by atoms with Gasteiger partial charge >= 0.3 is 0 Å². The molecule has 0 saturated carbocycles. The van der Waals surface area contributed by atoms with Crippen LogP contribution in [-0.2, 0) is 4.79 Å². The van der Waals surface area contributed by atoms with Gasteiger partial charge in [0.25, 0.3) is 0 Å². The molecule has 6 heteroatoms. The molecular formula is C14H24N4O2. The first kappa shape index (κ1) is 15.0. The predicted octanol–water partition coefficient (Wildman–Crippen LogP) is 1.24. The topological polar surface area (TPSA) is 70.4 Å². The zero-order chi connectivity index (χ0) is 14.4. The lowest BCUT2D eigenvalue weighted by molar-refractivity contribution is -0.117. The van der Waals surface area contributed by atoms with Crippen LogP contribution < -0.4 is 10.6 Å². The summed E-state index contributed by atoms with van der Waals surface area (Å²) >= 11 is 0. The summed E-state index contributed by atoms with van der Waals surface area (Å²) in [6.45, 7) is 8.36. The predicted molar refractivity (Wildman–Crippen MR) is 77.6 cm³/mol. The van der Waals surface area contributed by atoms with Crippen LogP contribution in [0, 0.1) is 12.8 Å². The number of hydrogen-bond donors (Lipinski definition) is 2. The van der Waals surface area contributed by atoms with Gasteiger partial charge in [0.1, 0.15) is 5.76 Å². The fourth-order valence-electron chi connectivity index (χ4n) is 2.55. The largest absolute Gasteiger partial charge is 0.360 e. The number of likely N-dealkylation sites (N-methyl/N-ethyl adjacent to an activating group) is 1. The molecule has 2 rings (SSSR count). The van der Waals surface area contributed by atoms with Crippen molar-refractivity contribution in [2.75, 3.05) is 38.0 Å². The highest BCUT2D eigenvalue weighted by Gasteiger charge is 2.18. The fourth-order valence-corrected chi connectivity index (χ4v) is 2.55. The highest BCUT2D eigenvalue weighted by Crippen LogP contribution is 2.13. The van der Waals surface area contributed by atoms with Crippen molar-refractivity contribution in [3.8, 4) is 0 Å². The summed E-state index contributed by atoms with van der Waals surface area (Å²) in [4.78, 5) is 14.2. The van der Waals surface area contributed by atoms with Crippen LogP contribution in [0.2, 0.25) is 0 Å². The number of piperidine rings is 1. The molecule has 1 aromatic rings. The maximum atomic E-state index is 12.0. The van der Waals surface area contributed by atoms with Crippen LogP contribution in [0.4, 0.5) is 5.82 Å². The molecule has 1 fully saturated rings. The van der Waals surface area contributed by atoms with Crippen LogP contribution >= 0.6 is 0 Å². The van der Waals surface area contributed by atoms with E-state index >= 15 is 0 Å². The van der Waals surface area contributed by atoms with Crippen molar-refractivity contribution >= 4 is 11.7 Å². The Kier molecular flexibility index (Phi) is 5.55. The molecule has 2 heterocycles. The van der Waals surface area contributed by atoms with E-state index in [0.717, 1.165) is 26.2 Å². The molecule has 1 aliphatic heterocycles. The second-order valence-electron chi connectivity index (χ2n) is 5.39. The van der Waals surface area contributed by atoms with E-state index in [-0.39, 0.29) is 5.91 Å². The first-order valence-corrected chi connectivity index (χ1v) is 7.33. The van der Waals surface area contributed by atoms with Crippen molar-refractivity contribution in [1.82, 2.24) is 15.4 Å². The van der Waals surface area contributed by atoms with Gasteiger partial charge in [-0.2, -0.15) is 0 Å². The van der Waals surface area contributed by atoms with Gasteiger partial charge in [-0.05, 0) is 45.3 Å². The van der Waals surface area contributed by atoms with Crippen LogP contribution in [0.5, 0.6) is 0 Å². The summed E-state index contributed by atoms with van der Waals surface area (Å²) in [6.07, 6.45) is 2.39. The SMILES string of the molecule is CCN(CC(=O)Nc1cc(C)on1)CC1CCNCC1. The van der Waals surface area contributed by atoms with E-state index in [0.29, 0.717) is 24.0 Å². The lowest BCUT2D eigenvalue weighted by Crippen LogP contribution is -2.39. The number of hydrogen-bond acceptors (Lipinski definition) is 5. The Morgan fingerprint density at radius 2 is 2.30 bits per heavy atom. The van der Waals surface area contributed by atoms with Crippen LogP contribution in [0.15, 0.2) is 10.6 Å². The third-order valence-electron chi connectivity index (χ3n) is 3.69. The molecule has 112 valence electrons. The van der Waals surface area contributed by atoms with Crippen molar-refractivity contribution in [3.05, 3.63) is 11.8 Å². The number of rotatable bonds is 6. The summed E-state index contributed by atoms with van der Waals surface area (Å²) in [5, 5.41) is 9.90. The molecule has 0 aromatic carbocycles. The van der Waals surface area contributed by atoms with Crippen LogP contribution in [0.25, 0.3) is 0 Å². The number of anilines is 1. The Bertz CT molecular complexity index is 427. The summed E-state index contributed by atoms with van der Waals surface area (Å²) in [5.41, 5.74) is 0. The van der Waals surface area contributed by atoms with E-state index in [1.807, 2.05) is 0 Å². The average Bonchev–Trinajstić information content (AvgIpc) is 2.84. The smallest absolute Gasteiger partial charge is 0.239 e. The zero-order valence-electron chi connectivity index (χ0n) is 12.3. The molecule has 1 saturated heterocycles. The molecule has 6 nitrogen and oxygen atoms in total. The van der Waals surface area contributed by atoms with Gasteiger partial charge in [-0.1, -0.05) is 12.1 Å². The van der Waals surface area contributed by atoms with Crippen LogP contribution in [-0.4, -0.2) is 48.7 Å². The lowest BCUT2D eigenvalue weighted by Gasteiger charge is -2.28. The van der Waals surface area contributed by atoms with Gasteiger partial charge < -0.3 is 15.2 Å². The molecule has 0 atom stereocenters. The molecule has 0 spiro atoms. The van der Waals surface area contributed by atoms with E-state index in [2.05, 4.69) is 27.6 Å². The van der Waals surface area contributed by atoms with Gasteiger partial charge in [0.05, 0.1) is 6.54 Å². The molecular weight excluding hydrogens is 256 g/mol. The second kappa shape index (κ2) is 7.40. The number of carbonyl (C=O) groups excluding carboxylic acids is 1. The van der Waals surface area contributed by atoms with Gasteiger partial charge in [-0.3, -0.25) is 9.69 Å².